The van der Waals surface area contributed by atoms with Gasteiger partial charge in [-0.1, -0.05) is 6.92 Å². The van der Waals surface area contributed by atoms with Crippen molar-refractivity contribution in [2.45, 2.75) is 13.2 Å². The summed E-state index contributed by atoms with van der Waals surface area (Å²) in [5.41, 5.74) is 0. The molecule has 1 fully saturated rings. The number of ether oxygens (including phenoxy) is 3. The molecule has 0 saturated carbocycles. The molecule has 15 heavy (non-hydrogen) atoms. The molecule has 0 radical (unpaired) electrons. The van der Waals surface area contributed by atoms with Gasteiger partial charge in [0.15, 0.2) is 6.29 Å². The maximum absolute atomic E-state index is 10.6. The number of aliphatic carboxylic acids is 1. The zero-order valence-electron chi connectivity index (χ0n) is 9.10. The quantitative estimate of drug-likeness (QED) is 0.557. The minimum absolute atomic E-state index is 0.0592. The molecule has 0 aromatic carbocycles. The molecule has 0 bridgehead atoms. The number of rotatable bonds is 4. The van der Waals surface area contributed by atoms with Crippen LogP contribution in [-0.2, 0) is 19.0 Å². The van der Waals surface area contributed by atoms with Crippen LogP contribution in [0.1, 0.15) is 6.92 Å². The third-order valence-corrected chi connectivity index (χ3v) is 2.60. The number of carboxylic acids is 1. The highest BCUT2D eigenvalue weighted by Crippen LogP contribution is 2.32. The highest BCUT2D eigenvalue weighted by Gasteiger charge is 2.37. The molecule has 1 aliphatic heterocycles. The van der Waals surface area contributed by atoms with Crippen LogP contribution < -0.4 is 0 Å². The zero-order valence-corrected chi connectivity index (χ0v) is 9.10. The Kier molecular flexibility index (Phi) is 4.11. The molecule has 1 N–H and O–H groups in total. The molecule has 0 aromatic heterocycles. The van der Waals surface area contributed by atoms with Gasteiger partial charge in [-0.05, 0) is 0 Å². The van der Waals surface area contributed by atoms with Crippen LogP contribution in [0.4, 0.5) is 0 Å². The maximum atomic E-state index is 10.6. The Hall–Kier alpha value is -1.07. The van der Waals surface area contributed by atoms with E-state index >= 15 is 0 Å². The van der Waals surface area contributed by atoms with Crippen LogP contribution in [0.3, 0.4) is 0 Å². The highest BCUT2D eigenvalue weighted by atomic mass is 16.7. The van der Waals surface area contributed by atoms with Gasteiger partial charge in [-0.2, -0.15) is 0 Å². The standard InChI is InChI=1S/C10H16O5/c1-6-7(5-15-10(6)14-3)8(13-2)4-9(11)12/h4,6-7,10H,5H2,1-3H3,(H,11,12)/b8-4+/t6-,7+,10-/m0/s1. The van der Waals surface area contributed by atoms with Crippen LogP contribution in [0.25, 0.3) is 0 Å². The Labute approximate surface area is 88.6 Å². The predicted octanol–water partition coefficient (Wildman–Crippen LogP) is 0.856. The molecule has 5 heteroatoms. The Balaban J connectivity index is 2.75. The Morgan fingerprint density at radius 1 is 1.53 bits per heavy atom. The lowest BCUT2D eigenvalue weighted by Crippen LogP contribution is -2.21. The van der Waals surface area contributed by atoms with Gasteiger partial charge in [0.25, 0.3) is 0 Å². The van der Waals surface area contributed by atoms with Crippen molar-refractivity contribution >= 4 is 5.97 Å². The molecule has 1 heterocycles. The fourth-order valence-corrected chi connectivity index (χ4v) is 1.75. The van der Waals surface area contributed by atoms with Gasteiger partial charge >= 0.3 is 5.97 Å². The molecule has 0 unspecified atom stereocenters. The fraction of sp³-hybridized carbons (Fsp3) is 0.700. The van der Waals surface area contributed by atoms with Crippen LogP contribution in [0.2, 0.25) is 0 Å². The summed E-state index contributed by atoms with van der Waals surface area (Å²) in [5.74, 6) is -0.564. The molecular weight excluding hydrogens is 200 g/mol. The number of hydrogen-bond donors (Lipinski definition) is 1. The Morgan fingerprint density at radius 3 is 2.60 bits per heavy atom. The topological polar surface area (TPSA) is 65.0 Å². The number of carboxylic acid groups (broad SMARTS) is 1. The van der Waals surface area contributed by atoms with E-state index in [0.29, 0.717) is 12.4 Å². The smallest absolute Gasteiger partial charge is 0.331 e. The molecule has 0 aromatic rings. The summed E-state index contributed by atoms with van der Waals surface area (Å²) in [6, 6.07) is 0. The van der Waals surface area contributed by atoms with Gasteiger partial charge in [0.05, 0.1) is 19.8 Å². The van der Waals surface area contributed by atoms with Gasteiger partial charge in [-0.15, -0.1) is 0 Å². The normalized spacial score (nSPS) is 31.7. The zero-order chi connectivity index (χ0) is 11.4. The van der Waals surface area contributed by atoms with E-state index in [1.165, 1.54) is 7.11 Å². The van der Waals surface area contributed by atoms with E-state index in [0.717, 1.165) is 6.08 Å². The number of carbonyl (C=O) groups is 1. The second-order valence-corrected chi connectivity index (χ2v) is 3.49. The lowest BCUT2D eigenvalue weighted by molar-refractivity contribution is -0.131. The summed E-state index contributed by atoms with van der Waals surface area (Å²) < 4.78 is 15.5. The van der Waals surface area contributed by atoms with E-state index in [1.54, 1.807) is 7.11 Å². The molecule has 86 valence electrons. The van der Waals surface area contributed by atoms with E-state index < -0.39 is 5.97 Å². The van der Waals surface area contributed by atoms with Crippen LogP contribution in [0.5, 0.6) is 0 Å². The van der Waals surface area contributed by atoms with Crippen molar-refractivity contribution in [1.29, 1.82) is 0 Å². The molecule has 1 rings (SSSR count). The minimum Gasteiger partial charge on any atom is -0.500 e. The summed E-state index contributed by atoms with van der Waals surface area (Å²) in [6.45, 7) is 2.37. The van der Waals surface area contributed by atoms with E-state index in [2.05, 4.69) is 0 Å². The van der Waals surface area contributed by atoms with Crippen LogP contribution in [0, 0.1) is 11.8 Å². The third-order valence-electron chi connectivity index (χ3n) is 2.60. The van der Waals surface area contributed by atoms with Crippen LogP contribution in [-0.4, -0.2) is 38.2 Å². The first-order valence-electron chi connectivity index (χ1n) is 4.73. The summed E-state index contributed by atoms with van der Waals surface area (Å²) in [7, 11) is 3.03. The summed E-state index contributed by atoms with van der Waals surface area (Å²) in [4.78, 5) is 10.6. The average molecular weight is 216 g/mol. The van der Waals surface area contributed by atoms with Crippen molar-refractivity contribution in [3.63, 3.8) is 0 Å². The van der Waals surface area contributed by atoms with Gasteiger partial charge in [0.2, 0.25) is 0 Å². The average Bonchev–Trinajstić information content (AvgIpc) is 2.56. The molecule has 0 aliphatic carbocycles. The predicted molar refractivity (Wildman–Crippen MR) is 52.1 cm³/mol. The van der Waals surface area contributed by atoms with Gasteiger partial charge in [0, 0.05) is 18.9 Å². The van der Waals surface area contributed by atoms with Crippen molar-refractivity contribution in [1.82, 2.24) is 0 Å². The van der Waals surface area contributed by atoms with E-state index in [4.69, 9.17) is 19.3 Å². The fourth-order valence-electron chi connectivity index (χ4n) is 1.75. The molecule has 0 amide bonds. The minimum atomic E-state index is -1.01. The van der Waals surface area contributed by atoms with Crippen LogP contribution >= 0.6 is 0 Å². The van der Waals surface area contributed by atoms with E-state index in [1.807, 2.05) is 6.92 Å². The highest BCUT2D eigenvalue weighted by molar-refractivity contribution is 5.80. The number of hydrogen-bond acceptors (Lipinski definition) is 4. The monoisotopic (exact) mass is 216 g/mol. The van der Waals surface area contributed by atoms with Crippen molar-refractivity contribution in [2.24, 2.45) is 11.8 Å². The number of methoxy groups -OCH3 is 2. The Morgan fingerprint density at radius 2 is 2.20 bits per heavy atom. The molecule has 0 spiro atoms. The largest absolute Gasteiger partial charge is 0.500 e. The first kappa shape index (κ1) is 12.0. The lowest BCUT2D eigenvalue weighted by atomic mass is 9.94. The molecular formula is C10H16O5. The first-order chi connectivity index (χ1) is 7.10. The third kappa shape index (κ3) is 2.70. The van der Waals surface area contributed by atoms with Crippen molar-refractivity contribution in [3.8, 4) is 0 Å². The van der Waals surface area contributed by atoms with Gasteiger partial charge in [0.1, 0.15) is 5.76 Å². The van der Waals surface area contributed by atoms with Crippen molar-refractivity contribution < 1.29 is 24.1 Å². The van der Waals surface area contributed by atoms with Crippen LogP contribution in [0.15, 0.2) is 11.8 Å². The van der Waals surface area contributed by atoms with Crippen molar-refractivity contribution in [2.75, 3.05) is 20.8 Å². The molecule has 1 saturated heterocycles. The van der Waals surface area contributed by atoms with Gasteiger partial charge in [-0.3, -0.25) is 0 Å². The van der Waals surface area contributed by atoms with Gasteiger partial charge < -0.3 is 19.3 Å². The molecule has 1 aliphatic rings. The van der Waals surface area contributed by atoms with E-state index in [-0.39, 0.29) is 18.1 Å². The summed E-state index contributed by atoms with van der Waals surface area (Å²) in [5, 5.41) is 8.66. The SMILES string of the molecule is CO/C(=C/C(=O)O)[C@@H]1CO[C@H](OC)[C@H]1C. The maximum Gasteiger partial charge on any atom is 0.331 e. The van der Waals surface area contributed by atoms with Gasteiger partial charge in [-0.25, -0.2) is 4.79 Å². The summed E-state index contributed by atoms with van der Waals surface area (Å²) >= 11 is 0. The lowest BCUT2D eigenvalue weighted by Gasteiger charge is -2.18. The molecule has 5 nitrogen and oxygen atoms in total. The Bertz CT molecular complexity index is 261. The second kappa shape index (κ2) is 5.14. The van der Waals surface area contributed by atoms with E-state index in [9.17, 15) is 4.79 Å². The second-order valence-electron chi connectivity index (χ2n) is 3.49. The van der Waals surface area contributed by atoms with Crippen molar-refractivity contribution in [3.05, 3.63) is 11.8 Å². The first-order valence-corrected chi connectivity index (χ1v) is 4.73. The summed E-state index contributed by atoms with van der Waals surface area (Å²) in [6.07, 6.45) is 0.782. The molecule has 3 atom stereocenters.